The standard InChI is InChI=1S/C24H21F3N2O3/c1-32-23(31)17-8-4-15(5-9-17)2-3-16-6-11-19(12-7-16)29-22(30)20-14-18(24(25,26)27)10-13-21(20)28/h4-14H,2-3,28H2,1H3,(H,29,30). The molecule has 3 aromatic carbocycles. The Hall–Kier alpha value is -3.81. The van der Waals surface area contributed by atoms with Crippen LogP contribution < -0.4 is 11.1 Å². The zero-order chi connectivity index (χ0) is 23.3. The van der Waals surface area contributed by atoms with Gasteiger partial charge in [-0.25, -0.2) is 4.79 Å². The van der Waals surface area contributed by atoms with Gasteiger partial charge in [-0.2, -0.15) is 13.2 Å². The van der Waals surface area contributed by atoms with Gasteiger partial charge in [-0.15, -0.1) is 0 Å². The molecule has 0 aromatic heterocycles. The lowest BCUT2D eigenvalue weighted by Gasteiger charge is -2.12. The smallest absolute Gasteiger partial charge is 0.416 e. The molecule has 0 spiro atoms. The van der Waals surface area contributed by atoms with E-state index in [9.17, 15) is 22.8 Å². The largest absolute Gasteiger partial charge is 0.465 e. The minimum absolute atomic E-state index is 0.0367. The number of benzene rings is 3. The third kappa shape index (κ3) is 5.66. The Labute approximate surface area is 183 Å². The SMILES string of the molecule is COC(=O)c1ccc(CCc2ccc(NC(=O)c3cc(C(F)(F)F)ccc3N)cc2)cc1. The first kappa shape index (κ1) is 22.9. The van der Waals surface area contributed by atoms with Crippen LogP contribution in [0.2, 0.25) is 0 Å². The van der Waals surface area contributed by atoms with Gasteiger partial charge in [-0.3, -0.25) is 4.79 Å². The second-order valence-electron chi connectivity index (χ2n) is 7.14. The number of carbonyl (C=O) groups is 2. The van der Waals surface area contributed by atoms with Crippen molar-refractivity contribution >= 4 is 23.3 Å². The number of amides is 1. The summed E-state index contributed by atoms with van der Waals surface area (Å²) >= 11 is 0. The maximum absolute atomic E-state index is 12.9. The maximum Gasteiger partial charge on any atom is 0.416 e. The van der Waals surface area contributed by atoms with Gasteiger partial charge >= 0.3 is 12.1 Å². The van der Waals surface area contributed by atoms with Crippen molar-refractivity contribution < 1.29 is 27.5 Å². The van der Waals surface area contributed by atoms with Gasteiger partial charge in [0, 0.05) is 11.4 Å². The minimum Gasteiger partial charge on any atom is -0.465 e. The Morgan fingerprint density at radius 3 is 2.00 bits per heavy atom. The monoisotopic (exact) mass is 442 g/mol. The molecule has 1 amide bonds. The van der Waals surface area contributed by atoms with Crippen molar-refractivity contribution in [1.82, 2.24) is 0 Å². The first-order valence-corrected chi connectivity index (χ1v) is 9.71. The van der Waals surface area contributed by atoms with E-state index in [1.54, 1.807) is 24.3 Å². The molecule has 0 saturated heterocycles. The van der Waals surface area contributed by atoms with Crippen LogP contribution in [0.3, 0.4) is 0 Å². The second kappa shape index (κ2) is 9.55. The number of anilines is 2. The van der Waals surface area contributed by atoms with Crippen molar-refractivity contribution in [2.24, 2.45) is 0 Å². The van der Waals surface area contributed by atoms with E-state index in [1.165, 1.54) is 7.11 Å². The van der Waals surface area contributed by atoms with Crippen molar-refractivity contribution in [1.29, 1.82) is 0 Å². The highest BCUT2D eigenvalue weighted by atomic mass is 19.4. The average molecular weight is 442 g/mol. The van der Waals surface area contributed by atoms with E-state index in [4.69, 9.17) is 5.73 Å². The number of halogens is 3. The van der Waals surface area contributed by atoms with E-state index < -0.39 is 17.6 Å². The van der Waals surface area contributed by atoms with E-state index >= 15 is 0 Å². The topological polar surface area (TPSA) is 81.4 Å². The molecule has 0 aliphatic carbocycles. The fourth-order valence-electron chi connectivity index (χ4n) is 3.10. The molecule has 0 unspecified atom stereocenters. The fourth-order valence-corrected chi connectivity index (χ4v) is 3.10. The lowest BCUT2D eigenvalue weighted by molar-refractivity contribution is -0.137. The molecule has 3 aromatic rings. The summed E-state index contributed by atoms with van der Waals surface area (Å²) in [5.74, 6) is -1.10. The van der Waals surface area contributed by atoms with E-state index in [1.807, 2.05) is 24.3 Å². The van der Waals surface area contributed by atoms with E-state index in [-0.39, 0.29) is 17.2 Å². The molecule has 5 nitrogen and oxygen atoms in total. The molecule has 8 heteroatoms. The predicted octanol–water partition coefficient (Wildman–Crippen LogP) is 5.11. The highest BCUT2D eigenvalue weighted by Gasteiger charge is 2.31. The summed E-state index contributed by atoms with van der Waals surface area (Å²) in [7, 11) is 1.33. The zero-order valence-electron chi connectivity index (χ0n) is 17.2. The summed E-state index contributed by atoms with van der Waals surface area (Å²) in [5.41, 5.74) is 7.46. The van der Waals surface area contributed by atoms with Crippen molar-refractivity contribution in [2.45, 2.75) is 19.0 Å². The summed E-state index contributed by atoms with van der Waals surface area (Å²) in [6, 6.07) is 16.8. The lowest BCUT2D eigenvalue weighted by atomic mass is 10.0. The summed E-state index contributed by atoms with van der Waals surface area (Å²) < 4.78 is 43.4. The normalized spacial score (nSPS) is 11.1. The molecule has 0 saturated carbocycles. The molecule has 32 heavy (non-hydrogen) atoms. The van der Waals surface area contributed by atoms with E-state index in [2.05, 4.69) is 10.1 Å². The molecular weight excluding hydrogens is 421 g/mol. The third-order valence-corrected chi connectivity index (χ3v) is 4.91. The molecule has 0 fully saturated rings. The number of methoxy groups -OCH3 is 1. The average Bonchev–Trinajstić information content (AvgIpc) is 2.78. The number of nitrogen functional groups attached to an aromatic ring is 1. The summed E-state index contributed by atoms with van der Waals surface area (Å²) in [5, 5.41) is 2.57. The Kier molecular flexibility index (Phi) is 6.82. The molecule has 0 aliphatic heterocycles. The molecule has 3 rings (SSSR count). The van der Waals surface area contributed by atoms with Gasteiger partial charge in [-0.1, -0.05) is 24.3 Å². The molecule has 0 atom stereocenters. The van der Waals surface area contributed by atoms with Crippen molar-refractivity contribution in [3.8, 4) is 0 Å². The number of rotatable bonds is 6. The quantitative estimate of drug-likeness (QED) is 0.411. The van der Waals surface area contributed by atoms with Crippen LogP contribution in [0.4, 0.5) is 24.5 Å². The number of carbonyl (C=O) groups excluding carboxylic acids is 2. The van der Waals surface area contributed by atoms with Crippen molar-refractivity contribution in [3.63, 3.8) is 0 Å². The van der Waals surface area contributed by atoms with Crippen LogP contribution in [0.1, 0.15) is 37.4 Å². The molecule has 166 valence electrons. The van der Waals surface area contributed by atoms with Gasteiger partial charge in [0.15, 0.2) is 0 Å². The minimum atomic E-state index is -4.57. The van der Waals surface area contributed by atoms with Crippen molar-refractivity contribution in [2.75, 3.05) is 18.2 Å². The highest BCUT2D eigenvalue weighted by molar-refractivity contribution is 6.07. The van der Waals surface area contributed by atoms with Crippen LogP contribution in [0.25, 0.3) is 0 Å². The predicted molar refractivity (Wildman–Crippen MR) is 115 cm³/mol. The Balaban J connectivity index is 1.61. The third-order valence-electron chi connectivity index (χ3n) is 4.91. The number of hydrogen-bond acceptors (Lipinski definition) is 4. The number of ether oxygens (including phenoxy) is 1. The molecule has 3 N–H and O–H groups in total. The number of nitrogens with one attached hydrogen (secondary N) is 1. The van der Waals surface area contributed by atoms with Gasteiger partial charge in [-0.05, 0) is 66.4 Å². The van der Waals surface area contributed by atoms with Crippen LogP contribution in [0.5, 0.6) is 0 Å². The van der Waals surface area contributed by atoms with Crippen LogP contribution in [-0.2, 0) is 23.8 Å². The van der Waals surface area contributed by atoms with Crippen LogP contribution >= 0.6 is 0 Å². The number of alkyl halides is 3. The molecule has 0 aliphatic rings. The number of hydrogen-bond donors (Lipinski definition) is 2. The Morgan fingerprint density at radius 2 is 1.47 bits per heavy atom. The Bertz CT molecular complexity index is 1110. The Morgan fingerprint density at radius 1 is 0.906 bits per heavy atom. The van der Waals surface area contributed by atoms with E-state index in [0.29, 0.717) is 11.3 Å². The summed E-state index contributed by atoms with van der Waals surface area (Å²) in [6.07, 6.45) is -3.09. The zero-order valence-corrected chi connectivity index (χ0v) is 17.2. The lowest BCUT2D eigenvalue weighted by Crippen LogP contribution is -2.16. The van der Waals surface area contributed by atoms with Crippen LogP contribution in [-0.4, -0.2) is 19.0 Å². The highest BCUT2D eigenvalue weighted by Crippen LogP contribution is 2.31. The van der Waals surface area contributed by atoms with Gasteiger partial charge in [0.1, 0.15) is 0 Å². The molecular formula is C24H21F3N2O3. The van der Waals surface area contributed by atoms with Crippen LogP contribution in [0, 0.1) is 0 Å². The van der Waals surface area contributed by atoms with Gasteiger partial charge in [0.25, 0.3) is 5.91 Å². The fraction of sp³-hybridized carbons (Fsp3) is 0.167. The second-order valence-corrected chi connectivity index (χ2v) is 7.14. The molecule has 0 heterocycles. The first-order chi connectivity index (χ1) is 15.2. The van der Waals surface area contributed by atoms with Crippen LogP contribution in [0.15, 0.2) is 66.7 Å². The van der Waals surface area contributed by atoms with Gasteiger partial charge in [0.2, 0.25) is 0 Å². The van der Waals surface area contributed by atoms with Crippen molar-refractivity contribution in [3.05, 3.63) is 94.5 Å². The molecule has 0 radical (unpaired) electrons. The van der Waals surface area contributed by atoms with Gasteiger partial charge < -0.3 is 15.8 Å². The maximum atomic E-state index is 12.9. The molecule has 0 bridgehead atoms. The number of nitrogens with two attached hydrogens (primary N) is 1. The summed E-state index contributed by atoms with van der Waals surface area (Å²) in [6.45, 7) is 0. The first-order valence-electron chi connectivity index (χ1n) is 9.71. The van der Waals surface area contributed by atoms with E-state index in [0.717, 1.165) is 42.2 Å². The van der Waals surface area contributed by atoms with Gasteiger partial charge in [0.05, 0.1) is 23.8 Å². The number of aryl methyl sites for hydroxylation is 2. The summed E-state index contributed by atoms with van der Waals surface area (Å²) in [4.78, 5) is 23.9. The number of esters is 1.